The van der Waals surface area contributed by atoms with Gasteiger partial charge in [0.25, 0.3) is 0 Å². The molecule has 0 saturated carbocycles. The first-order valence-corrected chi connectivity index (χ1v) is 10.4. The van der Waals surface area contributed by atoms with Crippen LogP contribution >= 0.6 is 35.3 Å². The van der Waals surface area contributed by atoms with Crippen molar-refractivity contribution in [3.8, 4) is 0 Å². The highest BCUT2D eigenvalue weighted by Gasteiger charge is 2.30. The molecule has 3 aromatic rings. The second-order valence-electron chi connectivity index (χ2n) is 6.52. The van der Waals surface area contributed by atoms with Crippen molar-refractivity contribution in [3.05, 3.63) is 69.9 Å². The van der Waals surface area contributed by atoms with Crippen LogP contribution < -0.4 is 10.6 Å². The summed E-state index contributed by atoms with van der Waals surface area (Å²) in [5.41, 5.74) is -0.176. The largest absolute Gasteiger partial charge is 0.416 e. The lowest BCUT2D eigenvalue weighted by molar-refractivity contribution is -0.137. The van der Waals surface area contributed by atoms with E-state index >= 15 is 0 Å². The highest BCUT2D eigenvalue weighted by atomic mass is 127. The van der Waals surface area contributed by atoms with Crippen LogP contribution in [0.4, 0.5) is 13.2 Å². The maximum absolute atomic E-state index is 12.9. The lowest BCUT2D eigenvalue weighted by Crippen LogP contribution is -2.38. The Morgan fingerprint density at radius 3 is 2.74 bits per heavy atom. The second kappa shape index (κ2) is 12.0. The molecule has 3 rings (SSSR count). The van der Waals surface area contributed by atoms with Crippen molar-refractivity contribution in [2.75, 3.05) is 6.54 Å². The summed E-state index contributed by atoms with van der Waals surface area (Å²) in [7, 11) is 0. The van der Waals surface area contributed by atoms with Gasteiger partial charge in [-0.25, -0.2) is 4.99 Å². The van der Waals surface area contributed by atoms with Crippen molar-refractivity contribution in [2.45, 2.75) is 39.2 Å². The molecule has 2 N–H and O–H groups in total. The van der Waals surface area contributed by atoms with Gasteiger partial charge in [-0.3, -0.25) is 0 Å². The molecule has 0 aliphatic rings. The zero-order valence-electron chi connectivity index (χ0n) is 16.9. The number of nitrogens with zero attached hydrogens (tertiary/aromatic N) is 4. The number of benzene rings is 1. The molecule has 168 valence electrons. The number of rotatable bonds is 8. The summed E-state index contributed by atoms with van der Waals surface area (Å²) < 4.78 is 40.8. The van der Waals surface area contributed by atoms with E-state index in [1.54, 1.807) is 23.7 Å². The number of alkyl halides is 3. The molecule has 6 nitrogen and oxygen atoms in total. The van der Waals surface area contributed by atoms with Crippen LogP contribution in [-0.4, -0.2) is 27.3 Å². The van der Waals surface area contributed by atoms with Gasteiger partial charge in [-0.1, -0.05) is 25.1 Å². The normalized spacial score (nSPS) is 11.8. The van der Waals surface area contributed by atoms with Crippen molar-refractivity contribution in [3.63, 3.8) is 0 Å². The Labute approximate surface area is 200 Å². The van der Waals surface area contributed by atoms with E-state index in [9.17, 15) is 13.2 Å². The lowest BCUT2D eigenvalue weighted by atomic mass is 10.1. The third-order valence-electron chi connectivity index (χ3n) is 4.34. The van der Waals surface area contributed by atoms with E-state index in [4.69, 9.17) is 0 Å². The van der Waals surface area contributed by atoms with Crippen LogP contribution in [0.2, 0.25) is 0 Å². The molecular weight excluding hydrogens is 540 g/mol. The first-order valence-electron chi connectivity index (χ1n) is 9.53. The summed E-state index contributed by atoms with van der Waals surface area (Å²) in [6, 6.07) is 9.20. The third-order valence-corrected chi connectivity index (χ3v) is 5.22. The number of thiophene rings is 1. The summed E-state index contributed by atoms with van der Waals surface area (Å²) in [6.45, 7) is 3.96. The molecule has 0 atom stereocenters. The van der Waals surface area contributed by atoms with Crippen molar-refractivity contribution < 1.29 is 13.2 Å². The Morgan fingerprint density at radius 1 is 1.19 bits per heavy atom. The van der Waals surface area contributed by atoms with E-state index in [0.717, 1.165) is 29.3 Å². The number of aromatic nitrogens is 3. The van der Waals surface area contributed by atoms with Gasteiger partial charge in [0.2, 0.25) is 0 Å². The van der Waals surface area contributed by atoms with Crippen LogP contribution in [-0.2, 0) is 32.2 Å². The molecule has 0 unspecified atom stereocenters. The van der Waals surface area contributed by atoms with Crippen LogP contribution in [0.3, 0.4) is 0 Å². The first kappa shape index (κ1) is 25.1. The zero-order valence-corrected chi connectivity index (χ0v) is 20.0. The van der Waals surface area contributed by atoms with E-state index in [1.807, 2.05) is 29.0 Å². The number of aryl methyl sites for hydroxylation is 1. The van der Waals surface area contributed by atoms with Crippen LogP contribution in [0.1, 0.15) is 28.8 Å². The van der Waals surface area contributed by atoms with Gasteiger partial charge in [-0.05, 0) is 29.1 Å². The number of hydrogen-bond acceptors (Lipinski definition) is 4. The summed E-state index contributed by atoms with van der Waals surface area (Å²) in [5, 5.41) is 16.4. The molecule has 0 radical (unpaired) electrons. The molecule has 2 aromatic heterocycles. The fourth-order valence-electron chi connectivity index (χ4n) is 2.81. The molecule has 1 aromatic carbocycles. The highest BCUT2D eigenvalue weighted by Crippen LogP contribution is 2.29. The topological polar surface area (TPSA) is 67.1 Å². The maximum Gasteiger partial charge on any atom is 0.416 e. The predicted octanol–water partition coefficient (Wildman–Crippen LogP) is 4.47. The molecule has 31 heavy (non-hydrogen) atoms. The Balaban J connectivity index is 0.00000341. The van der Waals surface area contributed by atoms with E-state index in [-0.39, 0.29) is 30.5 Å². The van der Waals surface area contributed by atoms with Crippen molar-refractivity contribution in [1.82, 2.24) is 25.4 Å². The number of halogens is 4. The van der Waals surface area contributed by atoms with Crippen LogP contribution in [0, 0.1) is 0 Å². The monoisotopic (exact) mass is 564 g/mol. The van der Waals surface area contributed by atoms with Gasteiger partial charge >= 0.3 is 6.18 Å². The summed E-state index contributed by atoms with van der Waals surface area (Å²) in [6.07, 6.45) is -1.90. The SMILES string of the molecule is CCc1nncn1CCNC(=NCc1cccc(C(F)(F)F)c1)NCc1cccs1.I. The molecule has 0 fully saturated rings. The maximum atomic E-state index is 12.9. The minimum atomic E-state index is -4.37. The average molecular weight is 564 g/mol. The standard InChI is InChI=1S/C20H23F3N6S.HI/c1-2-18-28-27-14-29(18)9-8-24-19(26-13-17-7-4-10-30-17)25-12-15-5-3-6-16(11-15)20(21,22)23;/h3-7,10-11,14H,2,8-9,12-13H2,1H3,(H2,24,25,26);1H. The lowest BCUT2D eigenvalue weighted by Gasteiger charge is -2.13. The van der Waals surface area contributed by atoms with Crippen molar-refractivity contribution >= 4 is 41.3 Å². The van der Waals surface area contributed by atoms with Gasteiger partial charge in [0.05, 0.1) is 18.7 Å². The zero-order chi connectivity index (χ0) is 21.4. The summed E-state index contributed by atoms with van der Waals surface area (Å²) in [4.78, 5) is 5.60. The van der Waals surface area contributed by atoms with Gasteiger partial charge in [0, 0.05) is 24.4 Å². The molecule has 0 aliphatic carbocycles. The predicted molar refractivity (Wildman–Crippen MR) is 127 cm³/mol. The minimum Gasteiger partial charge on any atom is -0.355 e. The highest BCUT2D eigenvalue weighted by molar-refractivity contribution is 14.0. The number of nitrogens with one attached hydrogen (secondary N) is 2. The minimum absolute atomic E-state index is 0. The second-order valence-corrected chi connectivity index (χ2v) is 7.55. The van der Waals surface area contributed by atoms with Crippen LogP contribution in [0.25, 0.3) is 0 Å². The molecule has 2 heterocycles. The smallest absolute Gasteiger partial charge is 0.355 e. The molecule has 0 saturated heterocycles. The molecule has 0 spiro atoms. The molecular formula is C20H24F3IN6S. The van der Waals surface area contributed by atoms with Gasteiger partial charge in [-0.15, -0.1) is 45.5 Å². The van der Waals surface area contributed by atoms with Crippen molar-refractivity contribution in [2.24, 2.45) is 4.99 Å². The van der Waals surface area contributed by atoms with Gasteiger partial charge in [0.1, 0.15) is 12.2 Å². The molecule has 0 aliphatic heterocycles. The molecule has 0 amide bonds. The number of hydrogen-bond donors (Lipinski definition) is 2. The fourth-order valence-corrected chi connectivity index (χ4v) is 3.45. The Morgan fingerprint density at radius 2 is 2.03 bits per heavy atom. The third kappa shape index (κ3) is 7.80. The Kier molecular flexibility index (Phi) is 9.75. The van der Waals surface area contributed by atoms with E-state index in [1.165, 1.54) is 6.07 Å². The van der Waals surface area contributed by atoms with E-state index in [2.05, 4.69) is 25.8 Å². The molecule has 0 bridgehead atoms. The van der Waals surface area contributed by atoms with E-state index in [0.29, 0.717) is 31.2 Å². The Bertz CT molecular complexity index is 956. The first-order chi connectivity index (χ1) is 14.5. The van der Waals surface area contributed by atoms with Gasteiger partial charge in [-0.2, -0.15) is 13.2 Å². The fraction of sp³-hybridized carbons (Fsp3) is 0.350. The van der Waals surface area contributed by atoms with Gasteiger partial charge in [0.15, 0.2) is 5.96 Å². The number of aliphatic imine (C=N–C) groups is 1. The van der Waals surface area contributed by atoms with Crippen molar-refractivity contribution in [1.29, 1.82) is 0 Å². The summed E-state index contributed by atoms with van der Waals surface area (Å²) >= 11 is 1.62. The van der Waals surface area contributed by atoms with Crippen LogP contribution in [0.15, 0.2) is 53.1 Å². The van der Waals surface area contributed by atoms with Gasteiger partial charge < -0.3 is 15.2 Å². The van der Waals surface area contributed by atoms with Crippen LogP contribution in [0.5, 0.6) is 0 Å². The molecule has 11 heteroatoms. The quantitative estimate of drug-likeness (QED) is 0.241. The van der Waals surface area contributed by atoms with E-state index < -0.39 is 11.7 Å². The summed E-state index contributed by atoms with van der Waals surface area (Å²) in [5.74, 6) is 1.43. The Hall–Kier alpha value is -2.15. The number of guanidine groups is 1. The average Bonchev–Trinajstić information content (AvgIpc) is 3.41.